The normalized spacial score (nSPS) is 26.9. The molecule has 1 amide bonds. The molecule has 0 radical (unpaired) electrons. The van der Waals surface area contributed by atoms with Crippen molar-refractivity contribution in [1.29, 1.82) is 0 Å². The second kappa shape index (κ2) is 9.08. The number of aliphatic carboxylic acids is 1. The average molecular weight is 542 g/mol. The van der Waals surface area contributed by atoms with E-state index in [1.54, 1.807) is 11.6 Å². The highest BCUT2D eigenvalue weighted by Gasteiger charge is 2.71. The molecule has 2 atom stereocenters. The molecule has 2 heterocycles. The highest BCUT2D eigenvalue weighted by Crippen LogP contribution is 2.70. The summed E-state index contributed by atoms with van der Waals surface area (Å²) < 4.78 is 46.9. The molecule has 2 bridgehead atoms. The molecule has 39 heavy (non-hydrogen) atoms. The molecule has 0 spiro atoms. The smallest absolute Gasteiger partial charge is 0.416 e. The fourth-order valence-electron chi connectivity index (χ4n) is 6.76. The summed E-state index contributed by atoms with van der Waals surface area (Å²) >= 11 is 0. The largest absolute Gasteiger partial charge is 0.481 e. The molecule has 4 aliphatic rings. The van der Waals surface area contributed by atoms with Gasteiger partial charge in [0.05, 0.1) is 17.0 Å². The minimum atomic E-state index is -4.41. The number of nitrogens with zero attached hydrogens (tertiary/aromatic N) is 2. The van der Waals surface area contributed by atoms with E-state index in [-0.39, 0.29) is 23.2 Å². The van der Waals surface area contributed by atoms with E-state index in [1.165, 1.54) is 12.1 Å². The molecule has 7 rings (SSSR count). The molecular weight excluding hydrogens is 511 g/mol. The van der Waals surface area contributed by atoms with Gasteiger partial charge >= 0.3 is 12.1 Å². The molecule has 1 aliphatic heterocycles. The van der Waals surface area contributed by atoms with Crippen LogP contribution in [0.5, 0.6) is 0 Å². The Kier molecular flexibility index (Phi) is 6.02. The topological polar surface area (TPSA) is 93.5 Å². The summed E-state index contributed by atoms with van der Waals surface area (Å²) in [6, 6.07) is 10.7. The van der Waals surface area contributed by atoms with E-state index in [2.05, 4.69) is 5.32 Å². The van der Waals surface area contributed by atoms with Crippen molar-refractivity contribution >= 4 is 22.8 Å². The lowest BCUT2D eigenvalue weighted by Gasteiger charge is -2.72. The molecule has 1 saturated heterocycles. The highest BCUT2D eigenvalue weighted by atomic mass is 19.4. The molecule has 2 aromatic carbocycles. The van der Waals surface area contributed by atoms with Gasteiger partial charge in [-0.1, -0.05) is 31.2 Å². The van der Waals surface area contributed by atoms with E-state index in [1.807, 2.05) is 18.2 Å². The van der Waals surface area contributed by atoms with Gasteiger partial charge in [0.15, 0.2) is 11.9 Å². The number of alkyl halides is 3. The Balaban J connectivity index is 1.32. The van der Waals surface area contributed by atoms with Crippen LogP contribution in [0.15, 0.2) is 42.5 Å². The van der Waals surface area contributed by atoms with E-state index >= 15 is 0 Å². The summed E-state index contributed by atoms with van der Waals surface area (Å²) in [7, 11) is 0. The summed E-state index contributed by atoms with van der Waals surface area (Å²) in [5, 5.41) is 18.0. The third kappa shape index (κ3) is 4.38. The number of carboxylic acids is 1. The van der Waals surface area contributed by atoms with Gasteiger partial charge in [0.2, 0.25) is 0 Å². The van der Waals surface area contributed by atoms with Crippen molar-refractivity contribution in [3.05, 3.63) is 64.8 Å². The van der Waals surface area contributed by atoms with E-state index in [9.17, 15) is 27.9 Å². The van der Waals surface area contributed by atoms with Crippen molar-refractivity contribution < 1.29 is 32.6 Å². The lowest BCUT2D eigenvalue weighted by Crippen LogP contribution is -2.77. The van der Waals surface area contributed by atoms with Gasteiger partial charge in [0.1, 0.15) is 0 Å². The highest BCUT2D eigenvalue weighted by molar-refractivity contribution is 6.06. The minimum Gasteiger partial charge on any atom is -0.481 e. The molecule has 3 aliphatic carbocycles. The zero-order valence-electron chi connectivity index (χ0n) is 21.6. The number of carboxylic acid groups (broad SMARTS) is 1. The predicted molar refractivity (Wildman–Crippen MR) is 136 cm³/mol. The van der Waals surface area contributed by atoms with Gasteiger partial charge in [-0.05, 0) is 79.7 Å². The monoisotopic (exact) mass is 541 g/mol. The Bertz CT molecular complexity index is 1420. The average Bonchev–Trinajstić information content (AvgIpc) is 3.26. The Morgan fingerprint density at radius 1 is 1.15 bits per heavy atom. The quantitative estimate of drug-likeness (QED) is 0.399. The molecule has 2 unspecified atom stereocenters. The van der Waals surface area contributed by atoms with Crippen LogP contribution in [0.1, 0.15) is 78.9 Å². The maximum absolute atomic E-state index is 13.7. The van der Waals surface area contributed by atoms with Crippen LogP contribution in [0, 0.1) is 11.3 Å². The lowest BCUT2D eigenvalue weighted by molar-refractivity contribution is -0.195. The number of carbonyl (C=O) groups is 2. The van der Waals surface area contributed by atoms with Gasteiger partial charge < -0.3 is 15.2 Å². The first kappa shape index (κ1) is 25.9. The number of carbonyl (C=O) groups excluding carboxylic acids is 1. The number of hydrogen-bond donors (Lipinski definition) is 2. The number of hydrogen-bond acceptors (Lipinski definition) is 4. The van der Waals surface area contributed by atoms with Crippen molar-refractivity contribution in [3.8, 4) is 0 Å². The van der Waals surface area contributed by atoms with Gasteiger partial charge in [0, 0.05) is 17.5 Å². The third-order valence-electron chi connectivity index (χ3n) is 8.88. The predicted octanol–water partition coefficient (Wildman–Crippen LogP) is 5.72. The van der Waals surface area contributed by atoms with Crippen LogP contribution in [0.3, 0.4) is 0 Å². The number of amides is 1. The first-order valence-electron chi connectivity index (χ1n) is 13.3. The molecular formula is C29H30F3N3O4. The fourth-order valence-corrected chi connectivity index (χ4v) is 6.76. The molecule has 1 aromatic heterocycles. The van der Waals surface area contributed by atoms with E-state index in [4.69, 9.17) is 9.84 Å². The van der Waals surface area contributed by atoms with Crippen LogP contribution >= 0.6 is 0 Å². The van der Waals surface area contributed by atoms with Gasteiger partial charge in [-0.25, -0.2) is 4.68 Å². The zero-order valence-corrected chi connectivity index (χ0v) is 21.6. The summed E-state index contributed by atoms with van der Waals surface area (Å²) in [6.07, 6.45) is 0.197. The molecule has 10 heteroatoms. The van der Waals surface area contributed by atoms with Crippen LogP contribution < -0.4 is 5.32 Å². The molecule has 4 fully saturated rings. The first-order valence-corrected chi connectivity index (χ1v) is 13.3. The van der Waals surface area contributed by atoms with E-state index in [0.717, 1.165) is 42.5 Å². The standard InChI is InChI=1S/C29H30F3N3O4/c1-17(26(37)38)27-14-28(15-27,16-27)33-25(36)24-23-19(13-18-8-10-20(11-9-18)29(30,31)32)5-4-6-21(23)35(34-24)22-7-2-3-12-39-22/h4-6,8-11,17,22H,2-3,7,12-16H2,1H3,(H,33,36)(H,37,38). The van der Waals surface area contributed by atoms with Crippen LogP contribution in [0.2, 0.25) is 0 Å². The van der Waals surface area contributed by atoms with E-state index < -0.39 is 29.2 Å². The number of halogens is 3. The van der Waals surface area contributed by atoms with Gasteiger partial charge in [-0.2, -0.15) is 18.3 Å². The van der Waals surface area contributed by atoms with E-state index in [0.29, 0.717) is 43.2 Å². The second-order valence-electron chi connectivity index (χ2n) is 11.5. The number of ether oxygens (including phenoxy) is 1. The minimum absolute atomic E-state index is 0.256. The van der Waals surface area contributed by atoms with Crippen molar-refractivity contribution in [2.75, 3.05) is 6.61 Å². The SMILES string of the molecule is CC(C(=O)O)C12CC(NC(=O)c3nn(C4CCCCO4)c4cccc(Cc5ccc(C(F)(F)F)cc5)c34)(C1)C2. The number of fused-ring (bicyclic) bond motifs is 1. The molecule has 2 N–H and O–H groups in total. The summed E-state index contributed by atoms with van der Waals surface area (Å²) in [4.78, 5) is 25.2. The lowest BCUT2D eigenvalue weighted by atomic mass is 9.36. The second-order valence-corrected chi connectivity index (χ2v) is 11.5. The van der Waals surface area contributed by atoms with Crippen molar-refractivity contribution in [1.82, 2.24) is 15.1 Å². The van der Waals surface area contributed by atoms with Crippen LogP contribution in [-0.2, 0) is 22.1 Å². The van der Waals surface area contributed by atoms with Crippen molar-refractivity contribution in [2.45, 2.75) is 69.8 Å². The number of aromatic nitrogens is 2. The maximum atomic E-state index is 13.7. The van der Waals surface area contributed by atoms with Crippen LogP contribution in [0.25, 0.3) is 10.9 Å². The Labute approximate surface area is 223 Å². The summed E-state index contributed by atoms with van der Waals surface area (Å²) in [5.74, 6) is -1.61. The molecule has 3 saturated carbocycles. The summed E-state index contributed by atoms with van der Waals surface area (Å²) in [6.45, 7) is 2.33. The maximum Gasteiger partial charge on any atom is 0.416 e. The Hall–Kier alpha value is -3.40. The van der Waals surface area contributed by atoms with Crippen molar-refractivity contribution in [2.24, 2.45) is 11.3 Å². The first-order chi connectivity index (χ1) is 18.5. The molecule has 3 aromatic rings. The van der Waals surface area contributed by atoms with Gasteiger partial charge in [-0.3, -0.25) is 9.59 Å². The molecule has 206 valence electrons. The third-order valence-corrected chi connectivity index (χ3v) is 8.88. The van der Waals surface area contributed by atoms with Gasteiger partial charge in [0.25, 0.3) is 5.91 Å². The fraction of sp³-hybridized carbons (Fsp3) is 0.483. The number of benzene rings is 2. The summed E-state index contributed by atoms with van der Waals surface area (Å²) in [5.41, 5.74) is 1.09. The molecule has 7 nitrogen and oxygen atoms in total. The Morgan fingerprint density at radius 2 is 1.87 bits per heavy atom. The van der Waals surface area contributed by atoms with Gasteiger partial charge in [-0.15, -0.1) is 0 Å². The number of nitrogens with one attached hydrogen (secondary N) is 1. The zero-order chi connectivity index (χ0) is 27.6. The van der Waals surface area contributed by atoms with Crippen LogP contribution in [-0.4, -0.2) is 38.9 Å². The number of rotatable bonds is 7. The van der Waals surface area contributed by atoms with Crippen molar-refractivity contribution in [3.63, 3.8) is 0 Å². The Morgan fingerprint density at radius 3 is 2.49 bits per heavy atom. The van der Waals surface area contributed by atoms with Crippen LogP contribution in [0.4, 0.5) is 13.2 Å².